The molecule has 10 heteroatoms. The number of nitrogens with zero attached hydrogens (tertiary/aromatic N) is 5. The first kappa shape index (κ1) is 24.7. The summed E-state index contributed by atoms with van der Waals surface area (Å²) < 4.78 is 46.6. The molecule has 1 saturated heterocycles. The zero-order valence-electron chi connectivity index (χ0n) is 20.7. The van der Waals surface area contributed by atoms with Crippen LogP contribution in [0.4, 0.5) is 18.0 Å². The highest BCUT2D eigenvalue weighted by atomic mass is 19.4. The third-order valence-corrected chi connectivity index (χ3v) is 6.10. The number of aromatic nitrogens is 4. The fourth-order valence-corrected chi connectivity index (χ4v) is 4.47. The fourth-order valence-electron chi connectivity index (χ4n) is 4.47. The minimum Gasteiger partial charge on any atom is -0.444 e. The highest BCUT2D eigenvalue weighted by Gasteiger charge is 2.34. The average Bonchev–Trinajstić information content (AvgIpc) is 3.50. The summed E-state index contributed by atoms with van der Waals surface area (Å²) in [5, 5.41) is 5.03. The maximum atomic E-state index is 13.2. The minimum atomic E-state index is -4.55. The first-order chi connectivity index (χ1) is 17.5. The molecule has 4 aromatic rings. The van der Waals surface area contributed by atoms with Gasteiger partial charge in [0.15, 0.2) is 5.82 Å². The Balaban J connectivity index is 1.48. The summed E-state index contributed by atoms with van der Waals surface area (Å²) >= 11 is 0. The van der Waals surface area contributed by atoms with Gasteiger partial charge in [-0.05, 0) is 63.9 Å². The maximum absolute atomic E-state index is 13.2. The van der Waals surface area contributed by atoms with Crippen LogP contribution >= 0.6 is 0 Å². The number of alkyl halides is 3. The third-order valence-electron chi connectivity index (χ3n) is 6.10. The van der Waals surface area contributed by atoms with E-state index in [2.05, 4.69) is 10.1 Å². The van der Waals surface area contributed by atoms with E-state index in [1.807, 2.05) is 57.2 Å². The Morgan fingerprint density at radius 3 is 2.57 bits per heavy atom. The number of ether oxygens (including phenoxy) is 1. The molecular formula is C27H26F3N5O2. The molecule has 3 aromatic heterocycles. The zero-order chi connectivity index (χ0) is 26.4. The standard InChI is InChI=1S/C27H26F3N5O2/c1-26(2,3)37-25(36)34-14-6-9-21(34)20-8-4-7-19(32-20)17-12-13-18-16-31-35(22(18)15-17)24-11-5-10-23(33-24)27(28,29)30/h4-5,7-8,10-13,15-16,21H,6,9,14H2,1-3H3. The number of likely N-dealkylation sites (tertiary alicyclic amines) is 1. The van der Waals surface area contributed by atoms with E-state index in [0.29, 0.717) is 17.8 Å². The molecule has 192 valence electrons. The molecule has 1 aliphatic rings. The lowest BCUT2D eigenvalue weighted by molar-refractivity contribution is -0.141. The van der Waals surface area contributed by atoms with Crippen molar-refractivity contribution in [3.63, 3.8) is 0 Å². The molecule has 0 aliphatic carbocycles. The number of amides is 1. The summed E-state index contributed by atoms with van der Waals surface area (Å²) in [7, 11) is 0. The van der Waals surface area contributed by atoms with Crippen LogP contribution in [0.2, 0.25) is 0 Å². The van der Waals surface area contributed by atoms with Crippen LogP contribution in [-0.2, 0) is 10.9 Å². The summed E-state index contributed by atoms with van der Waals surface area (Å²) in [5.74, 6) is 0.0719. The van der Waals surface area contributed by atoms with Crippen molar-refractivity contribution in [2.45, 2.75) is 51.4 Å². The Morgan fingerprint density at radius 1 is 1.03 bits per heavy atom. The van der Waals surface area contributed by atoms with Gasteiger partial charge in [-0.2, -0.15) is 18.3 Å². The molecule has 1 aliphatic heterocycles. The van der Waals surface area contributed by atoms with Crippen molar-refractivity contribution in [2.75, 3.05) is 6.54 Å². The van der Waals surface area contributed by atoms with Crippen LogP contribution in [0.1, 0.15) is 51.0 Å². The van der Waals surface area contributed by atoms with E-state index in [4.69, 9.17) is 9.72 Å². The predicted molar refractivity (Wildman–Crippen MR) is 132 cm³/mol. The second-order valence-corrected chi connectivity index (χ2v) is 9.99. The van der Waals surface area contributed by atoms with Gasteiger partial charge < -0.3 is 4.74 Å². The number of pyridine rings is 2. The molecule has 7 nitrogen and oxygen atoms in total. The Bertz CT molecular complexity index is 1460. The van der Waals surface area contributed by atoms with E-state index >= 15 is 0 Å². The molecule has 1 amide bonds. The number of hydrogen-bond acceptors (Lipinski definition) is 5. The Labute approximate surface area is 211 Å². The molecule has 0 spiro atoms. The van der Waals surface area contributed by atoms with Crippen molar-refractivity contribution in [3.8, 4) is 17.1 Å². The van der Waals surface area contributed by atoms with Gasteiger partial charge in [-0.1, -0.05) is 24.3 Å². The summed E-state index contributed by atoms with van der Waals surface area (Å²) in [4.78, 5) is 23.1. The monoisotopic (exact) mass is 509 g/mol. The van der Waals surface area contributed by atoms with Crippen LogP contribution in [0.3, 0.4) is 0 Å². The van der Waals surface area contributed by atoms with Crippen molar-refractivity contribution < 1.29 is 22.7 Å². The largest absolute Gasteiger partial charge is 0.444 e. The van der Waals surface area contributed by atoms with Gasteiger partial charge in [-0.15, -0.1) is 0 Å². The lowest BCUT2D eigenvalue weighted by Crippen LogP contribution is -2.36. The topological polar surface area (TPSA) is 73.1 Å². The van der Waals surface area contributed by atoms with Crippen LogP contribution in [-0.4, -0.2) is 42.9 Å². The van der Waals surface area contributed by atoms with Gasteiger partial charge in [0, 0.05) is 17.5 Å². The van der Waals surface area contributed by atoms with E-state index in [1.165, 1.54) is 16.8 Å². The molecule has 1 fully saturated rings. The SMILES string of the molecule is CC(C)(C)OC(=O)N1CCCC1c1cccc(-c2ccc3cnn(-c4cccc(C(F)(F)F)n4)c3c2)n1. The summed E-state index contributed by atoms with van der Waals surface area (Å²) in [6, 6.07) is 14.7. The summed E-state index contributed by atoms with van der Waals surface area (Å²) in [6.07, 6.45) is -1.70. The number of benzene rings is 1. The highest BCUT2D eigenvalue weighted by Crippen LogP contribution is 2.34. The molecule has 0 radical (unpaired) electrons. The molecule has 1 atom stereocenters. The van der Waals surface area contributed by atoms with E-state index < -0.39 is 17.5 Å². The van der Waals surface area contributed by atoms with Crippen molar-refractivity contribution in [1.29, 1.82) is 0 Å². The maximum Gasteiger partial charge on any atom is 0.433 e. The zero-order valence-corrected chi connectivity index (χ0v) is 20.7. The number of halogens is 3. The number of hydrogen-bond donors (Lipinski definition) is 0. The van der Waals surface area contributed by atoms with E-state index in [-0.39, 0.29) is 18.0 Å². The molecule has 1 unspecified atom stereocenters. The minimum absolute atomic E-state index is 0.0719. The normalized spacial score (nSPS) is 16.4. The van der Waals surface area contributed by atoms with Gasteiger partial charge >= 0.3 is 12.3 Å². The highest BCUT2D eigenvalue weighted by molar-refractivity contribution is 5.85. The average molecular weight is 510 g/mol. The van der Waals surface area contributed by atoms with Gasteiger partial charge in [-0.25, -0.2) is 14.5 Å². The molecule has 37 heavy (non-hydrogen) atoms. The summed E-state index contributed by atoms with van der Waals surface area (Å²) in [6.45, 7) is 6.11. The smallest absolute Gasteiger partial charge is 0.433 e. The van der Waals surface area contributed by atoms with E-state index in [9.17, 15) is 18.0 Å². The van der Waals surface area contributed by atoms with Gasteiger partial charge in [0.05, 0.1) is 29.1 Å². The Hall–Kier alpha value is -3.95. The van der Waals surface area contributed by atoms with Crippen LogP contribution < -0.4 is 0 Å². The lowest BCUT2D eigenvalue weighted by atomic mass is 10.1. The number of carbonyl (C=O) groups is 1. The first-order valence-corrected chi connectivity index (χ1v) is 12.0. The fraction of sp³-hybridized carbons (Fsp3) is 0.333. The van der Waals surface area contributed by atoms with Gasteiger partial charge in [-0.3, -0.25) is 9.88 Å². The molecule has 4 heterocycles. The van der Waals surface area contributed by atoms with E-state index in [1.54, 1.807) is 11.1 Å². The molecule has 5 rings (SSSR count). The molecular weight excluding hydrogens is 483 g/mol. The van der Waals surface area contributed by atoms with Gasteiger partial charge in [0.1, 0.15) is 11.3 Å². The number of rotatable bonds is 3. The number of carbonyl (C=O) groups excluding carboxylic acids is 1. The first-order valence-electron chi connectivity index (χ1n) is 12.0. The molecule has 1 aromatic carbocycles. The lowest BCUT2D eigenvalue weighted by Gasteiger charge is -2.28. The third kappa shape index (κ3) is 5.14. The Morgan fingerprint density at radius 2 is 1.81 bits per heavy atom. The van der Waals surface area contributed by atoms with Crippen molar-refractivity contribution in [3.05, 3.63) is 72.2 Å². The molecule has 0 N–H and O–H groups in total. The van der Waals surface area contributed by atoms with Crippen LogP contribution in [0, 0.1) is 0 Å². The van der Waals surface area contributed by atoms with E-state index in [0.717, 1.165) is 35.6 Å². The van der Waals surface area contributed by atoms with Crippen LogP contribution in [0.25, 0.3) is 28.0 Å². The predicted octanol–water partition coefficient (Wildman–Crippen LogP) is 6.57. The summed E-state index contributed by atoms with van der Waals surface area (Å²) in [5.41, 5.74) is 1.24. The van der Waals surface area contributed by atoms with Crippen molar-refractivity contribution in [1.82, 2.24) is 24.6 Å². The second kappa shape index (κ2) is 9.17. The van der Waals surface area contributed by atoms with Crippen molar-refractivity contribution in [2.24, 2.45) is 0 Å². The van der Waals surface area contributed by atoms with Crippen molar-refractivity contribution >= 4 is 17.0 Å². The number of fused-ring (bicyclic) bond motifs is 1. The molecule has 0 bridgehead atoms. The second-order valence-electron chi connectivity index (χ2n) is 9.99. The van der Waals surface area contributed by atoms with Gasteiger partial charge in [0.2, 0.25) is 0 Å². The van der Waals surface area contributed by atoms with Crippen LogP contribution in [0.15, 0.2) is 60.8 Å². The quantitative estimate of drug-likeness (QED) is 0.312. The van der Waals surface area contributed by atoms with Crippen LogP contribution in [0.5, 0.6) is 0 Å². The Kier molecular flexibility index (Phi) is 6.13. The van der Waals surface area contributed by atoms with Gasteiger partial charge in [0.25, 0.3) is 0 Å². The molecule has 0 saturated carbocycles.